The maximum atomic E-state index is 5.02. The van der Waals surface area contributed by atoms with Crippen molar-refractivity contribution >= 4 is 34.9 Å². The summed E-state index contributed by atoms with van der Waals surface area (Å²) < 4.78 is 6.78. The van der Waals surface area contributed by atoms with Crippen LogP contribution in [0.3, 0.4) is 0 Å². The SMILES string of the molecule is COc1ccnc(Sc2nnc(SC)s2)n1. The Balaban J connectivity index is 2.13. The molecule has 0 aliphatic heterocycles. The summed E-state index contributed by atoms with van der Waals surface area (Å²) >= 11 is 4.48. The third kappa shape index (κ3) is 2.83. The summed E-state index contributed by atoms with van der Waals surface area (Å²) in [6.45, 7) is 0. The number of methoxy groups -OCH3 is 1. The van der Waals surface area contributed by atoms with E-state index in [1.165, 1.54) is 23.1 Å². The number of aromatic nitrogens is 4. The van der Waals surface area contributed by atoms with Crippen LogP contribution < -0.4 is 4.74 Å². The first-order valence-electron chi connectivity index (χ1n) is 4.24. The molecule has 0 aliphatic carbocycles. The molecule has 2 aromatic rings. The van der Waals surface area contributed by atoms with Gasteiger partial charge in [0.05, 0.1) is 7.11 Å². The molecule has 0 radical (unpaired) electrons. The van der Waals surface area contributed by atoms with Gasteiger partial charge >= 0.3 is 0 Å². The summed E-state index contributed by atoms with van der Waals surface area (Å²) in [4.78, 5) is 8.30. The molecule has 5 nitrogen and oxygen atoms in total. The minimum absolute atomic E-state index is 0.548. The van der Waals surface area contributed by atoms with E-state index >= 15 is 0 Å². The molecule has 16 heavy (non-hydrogen) atoms. The molecule has 2 rings (SSSR count). The van der Waals surface area contributed by atoms with Gasteiger partial charge in [0.1, 0.15) is 0 Å². The van der Waals surface area contributed by atoms with Crippen LogP contribution in [-0.4, -0.2) is 33.5 Å². The minimum atomic E-state index is 0.548. The maximum Gasteiger partial charge on any atom is 0.217 e. The van der Waals surface area contributed by atoms with Crippen molar-refractivity contribution in [3.05, 3.63) is 12.3 Å². The van der Waals surface area contributed by atoms with Crippen molar-refractivity contribution in [1.29, 1.82) is 0 Å². The highest BCUT2D eigenvalue weighted by Crippen LogP contribution is 2.31. The Hall–Kier alpha value is -0.860. The summed E-state index contributed by atoms with van der Waals surface area (Å²) in [6.07, 6.45) is 3.63. The van der Waals surface area contributed by atoms with Crippen LogP contribution in [0.15, 0.2) is 26.1 Å². The Kier molecular flexibility index (Phi) is 3.97. The van der Waals surface area contributed by atoms with Crippen LogP contribution >= 0.6 is 34.9 Å². The van der Waals surface area contributed by atoms with Gasteiger partial charge in [-0.3, -0.25) is 0 Å². The van der Waals surface area contributed by atoms with Crippen LogP contribution in [0.2, 0.25) is 0 Å². The molecular formula is C8H8N4OS3. The molecule has 8 heteroatoms. The highest BCUT2D eigenvalue weighted by Gasteiger charge is 2.07. The minimum Gasteiger partial charge on any atom is -0.481 e. The highest BCUT2D eigenvalue weighted by atomic mass is 32.2. The molecule has 0 amide bonds. The fourth-order valence-electron chi connectivity index (χ4n) is 0.887. The Morgan fingerprint density at radius 3 is 2.81 bits per heavy atom. The Morgan fingerprint density at radius 1 is 1.31 bits per heavy atom. The van der Waals surface area contributed by atoms with Crippen LogP contribution in [0.5, 0.6) is 5.88 Å². The standard InChI is InChI=1S/C8H8N4OS3/c1-13-5-3-4-9-6(10-5)15-8-12-11-7(14-2)16-8/h3-4H,1-2H3. The lowest BCUT2D eigenvalue weighted by molar-refractivity contribution is 0.392. The lowest BCUT2D eigenvalue weighted by Gasteiger charge is -1.98. The molecule has 84 valence electrons. The average Bonchev–Trinajstić information content (AvgIpc) is 2.77. The van der Waals surface area contributed by atoms with E-state index in [-0.39, 0.29) is 0 Å². The van der Waals surface area contributed by atoms with Gasteiger partial charge in [-0.1, -0.05) is 23.1 Å². The second kappa shape index (κ2) is 5.46. The summed E-state index contributed by atoms with van der Waals surface area (Å²) in [5.74, 6) is 0.548. The number of nitrogens with zero attached hydrogens (tertiary/aromatic N) is 4. The molecule has 0 unspecified atom stereocenters. The molecule has 0 bridgehead atoms. The van der Waals surface area contributed by atoms with E-state index < -0.39 is 0 Å². The molecule has 0 N–H and O–H groups in total. The highest BCUT2D eigenvalue weighted by molar-refractivity contribution is 8.02. The van der Waals surface area contributed by atoms with Crippen LogP contribution in [0, 0.1) is 0 Å². The second-order valence-electron chi connectivity index (χ2n) is 2.52. The van der Waals surface area contributed by atoms with E-state index in [0.717, 1.165) is 8.68 Å². The lowest BCUT2D eigenvalue weighted by Crippen LogP contribution is -1.90. The molecule has 0 aromatic carbocycles. The Labute approximate surface area is 105 Å². The van der Waals surface area contributed by atoms with Gasteiger partial charge in [0.15, 0.2) is 13.8 Å². The van der Waals surface area contributed by atoms with E-state index in [4.69, 9.17) is 4.74 Å². The van der Waals surface area contributed by atoms with Crippen LogP contribution in [0.1, 0.15) is 0 Å². The van der Waals surface area contributed by atoms with Crippen LogP contribution in [0.25, 0.3) is 0 Å². The van der Waals surface area contributed by atoms with Crippen molar-refractivity contribution < 1.29 is 4.74 Å². The number of hydrogen-bond acceptors (Lipinski definition) is 8. The lowest BCUT2D eigenvalue weighted by atomic mass is 10.6. The smallest absolute Gasteiger partial charge is 0.217 e. The number of thioether (sulfide) groups is 1. The zero-order valence-corrected chi connectivity index (χ0v) is 11.0. The molecular weight excluding hydrogens is 264 g/mol. The van der Waals surface area contributed by atoms with Crippen molar-refractivity contribution in [1.82, 2.24) is 20.2 Å². The zero-order valence-electron chi connectivity index (χ0n) is 8.58. The van der Waals surface area contributed by atoms with Crippen LogP contribution in [0.4, 0.5) is 0 Å². The van der Waals surface area contributed by atoms with Crippen molar-refractivity contribution in [2.45, 2.75) is 13.8 Å². The first-order valence-corrected chi connectivity index (χ1v) is 7.10. The second-order valence-corrected chi connectivity index (χ2v) is 5.77. The van der Waals surface area contributed by atoms with E-state index in [9.17, 15) is 0 Å². The third-order valence-corrected chi connectivity index (χ3v) is 4.39. The van der Waals surface area contributed by atoms with Crippen molar-refractivity contribution in [3.63, 3.8) is 0 Å². The van der Waals surface area contributed by atoms with Gasteiger partial charge < -0.3 is 4.74 Å². The first kappa shape index (κ1) is 11.6. The largest absolute Gasteiger partial charge is 0.481 e. The third-order valence-electron chi connectivity index (χ3n) is 1.56. The van der Waals surface area contributed by atoms with Gasteiger partial charge in [-0.05, 0) is 18.0 Å². The average molecular weight is 272 g/mol. The fourth-order valence-corrected chi connectivity index (χ4v) is 3.16. The van der Waals surface area contributed by atoms with Crippen molar-refractivity contribution in [3.8, 4) is 5.88 Å². The fraction of sp³-hybridized carbons (Fsp3) is 0.250. The van der Waals surface area contributed by atoms with Crippen molar-refractivity contribution in [2.75, 3.05) is 13.4 Å². The predicted molar refractivity (Wildman–Crippen MR) is 64.4 cm³/mol. The van der Waals surface area contributed by atoms with Gasteiger partial charge in [-0.25, -0.2) is 4.98 Å². The molecule has 0 atom stereocenters. The molecule has 0 saturated heterocycles. The number of ether oxygens (including phenoxy) is 1. The zero-order chi connectivity index (χ0) is 11.4. The molecule has 0 fully saturated rings. The molecule has 0 aliphatic rings. The quantitative estimate of drug-likeness (QED) is 0.624. The number of hydrogen-bond donors (Lipinski definition) is 0. The normalized spacial score (nSPS) is 10.4. The summed E-state index contributed by atoms with van der Waals surface area (Å²) in [5, 5.41) is 8.64. The van der Waals surface area contributed by atoms with E-state index in [0.29, 0.717) is 11.0 Å². The van der Waals surface area contributed by atoms with Gasteiger partial charge in [-0.2, -0.15) is 4.98 Å². The van der Waals surface area contributed by atoms with E-state index in [1.807, 2.05) is 6.26 Å². The first-order chi connectivity index (χ1) is 7.81. The van der Waals surface area contributed by atoms with E-state index in [1.54, 1.807) is 31.1 Å². The van der Waals surface area contributed by atoms with Gasteiger partial charge in [0.2, 0.25) is 5.88 Å². The molecule has 2 aromatic heterocycles. The van der Waals surface area contributed by atoms with Crippen LogP contribution in [-0.2, 0) is 0 Å². The van der Waals surface area contributed by atoms with E-state index in [2.05, 4.69) is 20.2 Å². The topological polar surface area (TPSA) is 60.8 Å². The summed E-state index contributed by atoms with van der Waals surface area (Å²) in [7, 11) is 1.58. The number of rotatable bonds is 4. The van der Waals surface area contributed by atoms with Gasteiger partial charge in [-0.15, -0.1) is 10.2 Å². The molecule has 0 saturated carbocycles. The summed E-state index contributed by atoms with van der Waals surface area (Å²) in [5.41, 5.74) is 0. The van der Waals surface area contributed by atoms with Gasteiger partial charge in [0, 0.05) is 12.3 Å². The summed E-state index contributed by atoms with van der Waals surface area (Å²) in [6, 6.07) is 1.71. The Morgan fingerprint density at radius 2 is 2.12 bits per heavy atom. The predicted octanol–water partition coefficient (Wildman–Crippen LogP) is 2.21. The molecule has 0 spiro atoms. The monoisotopic (exact) mass is 272 g/mol. The molecule has 2 heterocycles. The van der Waals surface area contributed by atoms with Gasteiger partial charge in [0.25, 0.3) is 0 Å². The van der Waals surface area contributed by atoms with Crippen molar-refractivity contribution in [2.24, 2.45) is 0 Å². The maximum absolute atomic E-state index is 5.02. The Bertz CT molecular complexity index is 476.